The van der Waals surface area contributed by atoms with Crippen molar-refractivity contribution in [3.8, 4) is 0 Å². The molecule has 112 valence electrons. The van der Waals surface area contributed by atoms with E-state index >= 15 is 0 Å². The van der Waals surface area contributed by atoms with Gasteiger partial charge in [-0.25, -0.2) is 21.6 Å². The number of hydrogen-bond donors (Lipinski definition) is 3. The lowest BCUT2D eigenvalue weighted by atomic mass is 10.3. The Bertz CT molecular complexity index is 781. The molecular formula is C12H10F3N3O2S. The number of nitrogen functional groups attached to an aromatic ring is 1. The maximum absolute atomic E-state index is 13.5. The van der Waals surface area contributed by atoms with Gasteiger partial charge in [0.05, 0.1) is 11.4 Å². The number of para-hydroxylation sites is 1. The van der Waals surface area contributed by atoms with Gasteiger partial charge in [0.1, 0.15) is 4.90 Å². The van der Waals surface area contributed by atoms with Gasteiger partial charge in [-0.15, -0.1) is 0 Å². The molecule has 0 aromatic heterocycles. The molecule has 2 aromatic carbocycles. The summed E-state index contributed by atoms with van der Waals surface area (Å²) in [6.45, 7) is 0. The monoisotopic (exact) mass is 317 g/mol. The van der Waals surface area contributed by atoms with E-state index < -0.39 is 33.2 Å². The van der Waals surface area contributed by atoms with E-state index in [2.05, 4.69) is 5.43 Å². The Labute approximate surface area is 118 Å². The summed E-state index contributed by atoms with van der Waals surface area (Å²) >= 11 is 0. The van der Waals surface area contributed by atoms with Crippen molar-refractivity contribution < 1.29 is 21.6 Å². The molecule has 21 heavy (non-hydrogen) atoms. The number of halogens is 3. The zero-order chi connectivity index (χ0) is 15.6. The third-order valence-corrected chi connectivity index (χ3v) is 4.04. The van der Waals surface area contributed by atoms with E-state index in [4.69, 9.17) is 5.84 Å². The second-order valence-electron chi connectivity index (χ2n) is 3.97. The molecule has 0 radical (unpaired) electrons. The van der Waals surface area contributed by atoms with E-state index in [1.807, 2.05) is 4.72 Å². The highest BCUT2D eigenvalue weighted by molar-refractivity contribution is 7.92. The minimum atomic E-state index is -4.23. The number of benzene rings is 2. The van der Waals surface area contributed by atoms with Crippen molar-refractivity contribution in [2.24, 2.45) is 5.84 Å². The van der Waals surface area contributed by atoms with E-state index in [1.54, 1.807) is 0 Å². The van der Waals surface area contributed by atoms with Gasteiger partial charge in [-0.1, -0.05) is 12.1 Å². The Morgan fingerprint density at radius 1 is 0.905 bits per heavy atom. The SMILES string of the molecule is NNc1ccccc1S(=O)(=O)Nc1ccc(F)c(F)c1F. The van der Waals surface area contributed by atoms with Crippen LogP contribution in [-0.2, 0) is 10.0 Å². The van der Waals surface area contributed by atoms with Crippen LogP contribution in [0.15, 0.2) is 41.3 Å². The Balaban J connectivity index is 2.45. The highest BCUT2D eigenvalue weighted by atomic mass is 32.2. The van der Waals surface area contributed by atoms with Crippen molar-refractivity contribution in [3.63, 3.8) is 0 Å². The van der Waals surface area contributed by atoms with E-state index in [1.165, 1.54) is 24.3 Å². The molecule has 0 aliphatic carbocycles. The molecule has 5 nitrogen and oxygen atoms in total. The van der Waals surface area contributed by atoms with Gasteiger partial charge in [0.15, 0.2) is 17.5 Å². The number of sulfonamides is 1. The first-order valence-corrected chi connectivity index (χ1v) is 7.07. The van der Waals surface area contributed by atoms with E-state index in [0.29, 0.717) is 6.07 Å². The van der Waals surface area contributed by atoms with Crippen LogP contribution < -0.4 is 16.0 Å². The van der Waals surface area contributed by atoms with Crippen LogP contribution in [0, 0.1) is 17.5 Å². The van der Waals surface area contributed by atoms with E-state index in [9.17, 15) is 21.6 Å². The standard InChI is InChI=1S/C12H10F3N3O2S/c13-7-5-6-9(12(15)11(7)14)18-21(19,20)10-4-2-1-3-8(10)17-16/h1-6,17-18H,16H2. The molecule has 0 aliphatic rings. The minimum Gasteiger partial charge on any atom is -0.323 e. The predicted octanol–water partition coefficient (Wildman–Crippen LogP) is 2.19. The molecule has 0 saturated heterocycles. The lowest BCUT2D eigenvalue weighted by Gasteiger charge is -2.12. The van der Waals surface area contributed by atoms with Gasteiger partial charge in [-0.05, 0) is 24.3 Å². The molecule has 9 heteroatoms. The normalized spacial score (nSPS) is 11.2. The Morgan fingerprint density at radius 2 is 1.57 bits per heavy atom. The zero-order valence-electron chi connectivity index (χ0n) is 10.4. The molecular weight excluding hydrogens is 307 g/mol. The summed E-state index contributed by atoms with van der Waals surface area (Å²) in [5.74, 6) is 0.380. The van der Waals surface area contributed by atoms with Crippen LogP contribution in [0.5, 0.6) is 0 Å². The topological polar surface area (TPSA) is 84.2 Å². The first kappa shape index (κ1) is 15.1. The minimum absolute atomic E-state index is 0.0630. The lowest BCUT2D eigenvalue weighted by Crippen LogP contribution is -2.18. The summed E-state index contributed by atoms with van der Waals surface area (Å²) in [5, 5.41) is 0. The number of hydrazine groups is 1. The quantitative estimate of drug-likeness (QED) is 0.458. The van der Waals surface area contributed by atoms with Crippen LogP contribution in [0.4, 0.5) is 24.5 Å². The number of hydrogen-bond acceptors (Lipinski definition) is 4. The van der Waals surface area contributed by atoms with Gasteiger partial charge in [0.2, 0.25) is 0 Å². The maximum Gasteiger partial charge on any atom is 0.264 e. The van der Waals surface area contributed by atoms with Crippen LogP contribution in [0.1, 0.15) is 0 Å². The van der Waals surface area contributed by atoms with Crippen LogP contribution in [-0.4, -0.2) is 8.42 Å². The third-order valence-electron chi connectivity index (χ3n) is 2.61. The lowest BCUT2D eigenvalue weighted by molar-refractivity contribution is 0.449. The second-order valence-corrected chi connectivity index (χ2v) is 5.62. The molecule has 0 atom stereocenters. The van der Waals surface area contributed by atoms with Crippen LogP contribution in [0.2, 0.25) is 0 Å². The van der Waals surface area contributed by atoms with Crippen molar-refractivity contribution in [2.45, 2.75) is 4.90 Å². The summed E-state index contributed by atoms with van der Waals surface area (Å²) in [4.78, 5) is -0.267. The van der Waals surface area contributed by atoms with Gasteiger partial charge in [-0.3, -0.25) is 10.6 Å². The molecule has 0 saturated carbocycles. The van der Waals surface area contributed by atoms with Gasteiger partial charge >= 0.3 is 0 Å². The van der Waals surface area contributed by atoms with Crippen molar-refractivity contribution in [1.82, 2.24) is 0 Å². The van der Waals surface area contributed by atoms with Crippen molar-refractivity contribution in [1.29, 1.82) is 0 Å². The molecule has 4 N–H and O–H groups in total. The predicted molar refractivity (Wildman–Crippen MR) is 71.4 cm³/mol. The molecule has 0 amide bonds. The van der Waals surface area contributed by atoms with Crippen LogP contribution in [0.25, 0.3) is 0 Å². The molecule has 2 aromatic rings. The van der Waals surface area contributed by atoms with Crippen LogP contribution >= 0.6 is 0 Å². The first-order valence-electron chi connectivity index (χ1n) is 5.59. The first-order chi connectivity index (χ1) is 9.86. The van der Waals surface area contributed by atoms with Crippen molar-refractivity contribution in [3.05, 3.63) is 53.8 Å². The number of nitrogens with one attached hydrogen (secondary N) is 2. The highest BCUT2D eigenvalue weighted by Gasteiger charge is 2.22. The third kappa shape index (κ3) is 2.93. The maximum atomic E-state index is 13.5. The molecule has 0 bridgehead atoms. The number of rotatable bonds is 4. The van der Waals surface area contributed by atoms with Gasteiger partial charge < -0.3 is 5.43 Å². The van der Waals surface area contributed by atoms with Gasteiger partial charge in [-0.2, -0.15) is 0 Å². The Morgan fingerprint density at radius 3 is 2.24 bits per heavy atom. The molecule has 0 aliphatic heterocycles. The smallest absolute Gasteiger partial charge is 0.264 e. The molecule has 0 heterocycles. The average molecular weight is 317 g/mol. The molecule has 2 rings (SSSR count). The largest absolute Gasteiger partial charge is 0.323 e. The molecule has 0 fully saturated rings. The number of nitrogens with two attached hydrogens (primary N) is 1. The highest BCUT2D eigenvalue weighted by Crippen LogP contribution is 2.25. The fourth-order valence-corrected chi connectivity index (χ4v) is 2.86. The van der Waals surface area contributed by atoms with Gasteiger partial charge in [0, 0.05) is 0 Å². The number of anilines is 2. The molecule has 0 unspecified atom stereocenters. The fourth-order valence-electron chi connectivity index (χ4n) is 1.62. The Hall–Kier alpha value is -2.26. The van der Waals surface area contributed by atoms with E-state index in [0.717, 1.165) is 6.07 Å². The van der Waals surface area contributed by atoms with Crippen molar-refractivity contribution in [2.75, 3.05) is 10.1 Å². The summed E-state index contributed by atoms with van der Waals surface area (Å²) < 4.78 is 65.5. The zero-order valence-corrected chi connectivity index (χ0v) is 11.2. The van der Waals surface area contributed by atoms with Crippen molar-refractivity contribution >= 4 is 21.4 Å². The summed E-state index contributed by atoms with van der Waals surface area (Å²) in [6.07, 6.45) is 0. The summed E-state index contributed by atoms with van der Waals surface area (Å²) in [5.41, 5.74) is 1.53. The van der Waals surface area contributed by atoms with Gasteiger partial charge in [0.25, 0.3) is 10.0 Å². The summed E-state index contributed by atoms with van der Waals surface area (Å²) in [6, 6.07) is 6.96. The van der Waals surface area contributed by atoms with E-state index in [-0.39, 0.29) is 10.6 Å². The fraction of sp³-hybridized carbons (Fsp3) is 0. The Kier molecular flexibility index (Phi) is 4.05. The average Bonchev–Trinajstić information content (AvgIpc) is 2.48. The second kappa shape index (κ2) is 5.62. The molecule has 0 spiro atoms. The van der Waals surface area contributed by atoms with Crippen LogP contribution in [0.3, 0.4) is 0 Å². The summed E-state index contributed by atoms with van der Waals surface area (Å²) in [7, 11) is -4.23.